The maximum Gasteiger partial charge on any atom is 0.332 e. The van der Waals surface area contributed by atoms with E-state index in [1.807, 2.05) is 0 Å². The number of halogens is 1. The highest BCUT2D eigenvalue weighted by molar-refractivity contribution is 5.86. The van der Waals surface area contributed by atoms with Crippen molar-refractivity contribution in [3.05, 3.63) is 62.3 Å². The molecule has 4 rings (SSSR count). The van der Waals surface area contributed by atoms with Crippen LogP contribution in [0.1, 0.15) is 17.4 Å². The van der Waals surface area contributed by atoms with Gasteiger partial charge in [0.25, 0.3) is 11.5 Å². The van der Waals surface area contributed by atoms with E-state index in [0.29, 0.717) is 0 Å². The van der Waals surface area contributed by atoms with E-state index >= 15 is 0 Å². The molecule has 32 heavy (non-hydrogen) atoms. The van der Waals surface area contributed by atoms with Gasteiger partial charge in [-0.25, -0.2) is 14.2 Å². The average Bonchev–Trinajstić information content (AvgIpc) is 3.21. The fourth-order valence-electron chi connectivity index (χ4n) is 3.75. The van der Waals surface area contributed by atoms with Crippen LogP contribution in [0.15, 0.2) is 33.9 Å². The summed E-state index contributed by atoms with van der Waals surface area (Å²) in [4.78, 5) is 57.7. The van der Waals surface area contributed by atoms with Crippen LogP contribution in [0, 0.1) is 5.82 Å². The molecular weight excluding hydrogens is 423 g/mol. The van der Waals surface area contributed by atoms with Gasteiger partial charge in [-0.3, -0.25) is 23.5 Å². The fourth-order valence-corrected chi connectivity index (χ4v) is 3.75. The molecule has 0 bridgehead atoms. The highest BCUT2D eigenvalue weighted by Crippen LogP contribution is 2.30. The fraction of sp³-hybridized carbons (Fsp3) is 0.350. The molecule has 168 valence electrons. The molecule has 1 aliphatic heterocycles. The maximum atomic E-state index is 14.4. The second-order valence-electron chi connectivity index (χ2n) is 7.51. The lowest BCUT2D eigenvalue weighted by Gasteiger charge is -2.38. The van der Waals surface area contributed by atoms with Crippen molar-refractivity contribution in [1.82, 2.24) is 29.3 Å². The summed E-state index contributed by atoms with van der Waals surface area (Å²) in [5, 5.41) is 2.64. The van der Waals surface area contributed by atoms with Crippen LogP contribution in [-0.2, 0) is 35.0 Å². The minimum atomic E-state index is -1.16. The van der Waals surface area contributed by atoms with Crippen LogP contribution in [0.2, 0.25) is 0 Å². The number of hydrogen-bond acceptors (Lipinski definition) is 6. The zero-order valence-electron chi connectivity index (χ0n) is 17.6. The van der Waals surface area contributed by atoms with Crippen molar-refractivity contribution in [1.29, 1.82) is 0 Å². The molecule has 1 aliphatic rings. The molecule has 12 heteroatoms. The summed E-state index contributed by atoms with van der Waals surface area (Å²) in [6.45, 7) is -0.422. The normalized spacial score (nSPS) is 18.9. The maximum absolute atomic E-state index is 14.4. The number of fused-ring (bicyclic) bond motifs is 1. The third-order valence-corrected chi connectivity index (χ3v) is 5.54. The molecule has 3 aromatic rings. The number of H-pyrrole nitrogens is 1. The molecule has 2 unspecified atom stereocenters. The molecule has 11 nitrogen and oxygen atoms in total. The van der Waals surface area contributed by atoms with E-state index in [9.17, 15) is 23.6 Å². The van der Waals surface area contributed by atoms with Crippen molar-refractivity contribution in [2.75, 3.05) is 13.7 Å². The summed E-state index contributed by atoms with van der Waals surface area (Å²) in [7, 11) is 4.32. The van der Waals surface area contributed by atoms with Crippen molar-refractivity contribution < 1.29 is 18.7 Å². The van der Waals surface area contributed by atoms with Gasteiger partial charge in [0, 0.05) is 26.7 Å². The van der Waals surface area contributed by atoms with Gasteiger partial charge < -0.3 is 19.9 Å². The van der Waals surface area contributed by atoms with Gasteiger partial charge in [0.1, 0.15) is 23.8 Å². The first-order valence-electron chi connectivity index (χ1n) is 9.74. The predicted octanol–water partition coefficient (Wildman–Crippen LogP) is -0.686. The summed E-state index contributed by atoms with van der Waals surface area (Å²) in [5.74, 6) is -1.28. The highest BCUT2D eigenvalue weighted by atomic mass is 19.1. The van der Waals surface area contributed by atoms with Gasteiger partial charge in [0.2, 0.25) is 5.91 Å². The van der Waals surface area contributed by atoms with Crippen LogP contribution in [0.4, 0.5) is 4.39 Å². The Kier molecular flexibility index (Phi) is 5.38. The molecule has 0 radical (unpaired) electrons. The molecule has 2 aromatic heterocycles. The van der Waals surface area contributed by atoms with Gasteiger partial charge in [0.15, 0.2) is 11.8 Å². The first kappa shape index (κ1) is 21.4. The van der Waals surface area contributed by atoms with E-state index in [-0.39, 0.29) is 41.6 Å². The Balaban J connectivity index is 1.59. The van der Waals surface area contributed by atoms with Gasteiger partial charge in [-0.05, 0) is 6.07 Å². The minimum Gasteiger partial charge on any atom is -0.356 e. The molecule has 2 amide bonds. The molecule has 0 saturated carbocycles. The second kappa shape index (κ2) is 8.04. The molecule has 2 N–H and O–H groups in total. The topological polar surface area (TPSA) is 131 Å². The number of aromatic amines is 1. The lowest BCUT2D eigenvalue weighted by Crippen LogP contribution is -2.53. The Morgan fingerprint density at radius 3 is 2.66 bits per heavy atom. The predicted molar refractivity (Wildman–Crippen MR) is 110 cm³/mol. The van der Waals surface area contributed by atoms with E-state index in [1.54, 1.807) is 6.07 Å². The molecule has 3 heterocycles. The lowest BCUT2D eigenvalue weighted by molar-refractivity contribution is -0.162. The number of imidazole rings is 1. The van der Waals surface area contributed by atoms with Crippen molar-refractivity contribution in [3.63, 3.8) is 0 Å². The van der Waals surface area contributed by atoms with E-state index in [0.717, 1.165) is 4.57 Å². The van der Waals surface area contributed by atoms with Gasteiger partial charge in [0.05, 0.1) is 12.6 Å². The first-order chi connectivity index (χ1) is 15.2. The Labute approximate surface area is 180 Å². The summed E-state index contributed by atoms with van der Waals surface area (Å²) in [5.41, 5.74) is -0.622. The summed E-state index contributed by atoms with van der Waals surface area (Å²) < 4.78 is 22.1. The summed E-state index contributed by atoms with van der Waals surface area (Å²) in [6, 6.07) is 4.91. The standard InChI is InChI=1S/C20H21FN6O5/c1-25-13(28)9-32-16(15(25)10-6-4-5-7-11(10)21)18(29)22-8-12-23-14-17(24-12)26(2)20(31)27(3)19(14)30/h4-7,15-16H,8-9H2,1-3H3,(H,22,29)(H,23,24). The quantitative estimate of drug-likeness (QED) is 0.548. The minimum absolute atomic E-state index is 0.105. The molecule has 1 fully saturated rings. The van der Waals surface area contributed by atoms with Gasteiger partial charge in [-0.15, -0.1) is 0 Å². The summed E-state index contributed by atoms with van der Waals surface area (Å²) in [6.07, 6.45) is -1.16. The van der Waals surface area contributed by atoms with Gasteiger partial charge in [-0.1, -0.05) is 18.2 Å². The number of aryl methyl sites for hydroxylation is 1. The van der Waals surface area contributed by atoms with Crippen molar-refractivity contribution in [2.45, 2.75) is 18.7 Å². The number of carbonyl (C=O) groups is 2. The Bertz CT molecular complexity index is 1340. The number of benzene rings is 1. The van der Waals surface area contributed by atoms with Crippen LogP contribution in [0.5, 0.6) is 0 Å². The van der Waals surface area contributed by atoms with Crippen molar-refractivity contribution in [3.8, 4) is 0 Å². The number of rotatable bonds is 4. The van der Waals surface area contributed by atoms with Crippen LogP contribution >= 0.6 is 0 Å². The molecular formula is C20H21FN6O5. The molecule has 1 aromatic carbocycles. The molecule has 0 spiro atoms. The SMILES string of the molecule is CN1C(=O)COC(C(=O)NCc2nc3c([nH]2)c(=O)n(C)c(=O)n3C)C1c1ccccc1F. The van der Waals surface area contributed by atoms with E-state index < -0.39 is 35.1 Å². The molecule has 2 atom stereocenters. The number of likely N-dealkylation sites (N-methyl/N-ethyl adjacent to an activating group) is 1. The zero-order chi connectivity index (χ0) is 23.2. The zero-order valence-corrected chi connectivity index (χ0v) is 17.6. The van der Waals surface area contributed by atoms with E-state index in [1.165, 1.54) is 48.8 Å². The number of amides is 2. The smallest absolute Gasteiger partial charge is 0.332 e. The number of hydrogen-bond donors (Lipinski definition) is 2. The first-order valence-corrected chi connectivity index (χ1v) is 9.74. The third kappa shape index (κ3) is 3.47. The summed E-state index contributed by atoms with van der Waals surface area (Å²) >= 11 is 0. The van der Waals surface area contributed by atoms with Crippen LogP contribution in [-0.4, -0.2) is 55.6 Å². The van der Waals surface area contributed by atoms with Crippen LogP contribution in [0.25, 0.3) is 11.2 Å². The Morgan fingerprint density at radius 2 is 1.94 bits per heavy atom. The average molecular weight is 444 g/mol. The number of morpholine rings is 1. The molecule has 1 saturated heterocycles. The number of aromatic nitrogens is 4. The lowest BCUT2D eigenvalue weighted by atomic mass is 9.97. The van der Waals surface area contributed by atoms with Gasteiger partial charge >= 0.3 is 5.69 Å². The Hall–Kier alpha value is -3.80. The number of carbonyl (C=O) groups excluding carboxylic acids is 2. The van der Waals surface area contributed by atoms with Crippen LogP contribution in [0.3, 0.4) is 0 Å². The van der Waals surface area contributed by atoms with E-state index in [4.69, 9.17) is 4.74 Å². The number of nitrogens with zero attached hydrogens (tertiary/aromatic N) is 4. The van der Waals surface area contributed by atoms with E-state index in [2.05, 4.69) is 15.3 Å². The van der Waals surface area contributed by atoms with Gasteiger partial charge in [-0.2, -0.15) is 0 Å². The largest absolute Gasteiger partial charge is 0.356 e. The monoisotopic (exact) mass is 444 g/mol. The third-order valence-electron chi connectivity index (χ3n) is 5.54. The second-order valence-corrected chi connectivity index (χ2v) is 7.51. The highest BCUT2D eigenvalue weighted by Gasteiger charge is 2.41. The molecule has 0 aliphatic carbocycles. The number of ether oxygens (including phenoxy) is 1. The van der Waals surface area contributed by atoms with Crippen LogP contribution < -0.4 is 16.6 Å². The Morgan fingerprint density at radius 1 is 1.22 bits per heavy atom. The van der Waals surface area contributed by atoms with Crippen molar-refractivity contribution >= 4 is 23.0 Å². The van der Waals surface area contributed by atoms with Crippen molar-refractivity contribution in [2.24, 2.45) is 14.1 Å². The number of nitrogens with one attached hydrogen (secondary N) is 2.